The van der Waals surface area contributed by atoms with Gasteiger partial charge in [-0.2, -0.15) is 5.10 Å². The van der Waals surface area contributed by atoms with E-state index in [1.165, 1.54) is 12.8 Å². The SMILES string of the molecule is CCNC(=NCc1ccnc(-n2cccn2)c1)N1CCC(C)CC1. The first-order valence-corrected chi connectivity index (χ1v) is 8.74. The summed E-state index contributed by atoms with van der Waals surface area (Å²) in [4.78, 5) is 11.6. The number of nitrogens with one attached hydrogen (secondary N) is 1. The zero-order valence-electron chi connectivity index (χ0n) is 14.5. The summed E-state index contributed by atoms with van der Waals surface area (Å²) in [7, 11) is 0. The molecule has 0 atom stereocenters. The van der Waals surface area contributed by atoms with Crippen molar-refractivity contribution in [3.05, 3.63) is 42.4 Å². The lowest BCUT2D eigenvalue weighted by molar-refractivity contribution is 0.273. The van der Waals surface area contributed by atoms with Crippen molar-refractivity contribution < 1.29 is 0 Å². The summed E-state index contributed by atoms with van der Waals surface area (Å²) in [6.45, 7) is 8.15. The molecule has 0 amide bonds. The van der Waals surface area contributed by atoms with Crippen LogP contribution in [0.5, 0.6) is 0 Å². The highest BCUT2D eigenvalue weighted by Crippen LogP contribution is 2.16. The van der Waals surface area contributed by atoms with Crippen molar-refractivity contribution in [2.45, 2.75) is 33.2 Å². The van der Waals surface area contributed by atoms with Gasteiger partial charge in [0.15, 0.2) is 11.8 Å². The highest BCUT2D eigenvalue weighted by molar-refractivity contribution is 5.80. The van der Waals surface area contributed by atoms with E-state index in [1.54, 1.807) is 10.9 Å². The van der Waals surface area contributed by atoms with Gasteiger partial charge in [-0.25, -0.2) is 14.7 Å². The molecule has 0 aliphatic carbocycles. The number of likely N-dealkylation sites (tertiary alicyclic amines) is 1. The van der Waals surface area contributed by atoms with Gasteiger partial charge in [-0.1, -0.05) is 6.92 Å². The summed E-state index contributed by atoms with van der Waals surface area (Å²) in [6, 6.07) is 5.95. The quantitative estimate of drug-likeness (QED) is 0.693. The molecular formula is C18H26N6. The molecule has 0 radical (unpaired) electrons. The Bertz CT molecular complexity index is 656. The number of nitrogens with zero attached hydrogens (tertiary/aromatic N) is 5. The molecule has 128 valence electrons. The lowest BCUT2D eigenvalue weighted by Gasteiger charge is -2.33. The summed E-state index contributed by atoms with van der Waals surface area (Å²) < 4.78 is 1.77. The smallest absolute Gasteiger partial charge is 0.194 e. The van der Waals surface area contributed by atoms with Crippen LogP contribution in [0.15, 0.2) is 41.8 Å². The minimum atomic E-state index is 0.644. The number of guanidine groups is 1. The summed E-state index contributed by atoms with van der Waals surface area (Å²) in [5.74, 6) is 2.66. The number of pyridine rings is 1. The molecule has 3 heterocycles. The van der Waals surface area contributed by atoms with Gasteiger partial charge in [0.1, 0.15) is 0 Å². The Hall–Kier alpha value is -2.37. The van der Waals surface area contributed by atoms with E-state index in [4.69, 9.17) is 4.99 Å². The van der Waals surface area contributed by atoms with Gasteiger partial charge < -0.3 is 10.2 Å². The molecule has 0 unspecified atom stereocenters. The van der Waals surface area contributed by atoms with Crippen LogP contribution in [0.3, 0.4) is 0 Å². The summed E-state index contributed by atoms with van der Waals surface area (Å²) in [5.41, 5.74) is 1.14. The average molecular weight is 326 g/mol. The first kappa shape index (κ1) is 16.5. The molecule has 2 aromatic rings. The van der Waals surface area contributed by atoms with Gasteiger partial charge in [0.25, 0.3) is 0 Å². The van der Waals surface area contributed by atoms with E-state index in [0.717, 1.165) is 42.9 Å². The fourth-order valence-electron chi connectivity index (χ4n) is 2.90. The monoisotopic (exact) mass is 326 g/mol. The highest BCUT2D eigenvalue weighted by atomic mass is 15.3. The molecule has 1 aliphatic rings. The normalized spacial score (nSPS) is 16.4. The van der Waals surface area contributed by atoms with Crippen molar-refractivity contribution in [1.29, 1.82) is 0 Å². The largest absolute Gasteiger partial charge is 0.357 e. The zero-order chi connectivity index (χ0) is 16.8. The van der Waals surface area contributed by atoms with E-state index < -0.39 is 0 Å². The molecule has 0 spiro atoms. The number of piperidine rings is 1. The van der Waals surface area contributed by atoms with Crippen LogP contribution in [0.1, 0.15) is 32.3 Å². The second-order valence-corrected chi connectivity index (χ2v) is 6.31. The Labute approximate surface area is 143 Å². The summed E-state index contributed by atoms with van der Waals surface area (Å²) in [6.07, 6.45) is 7.95. The topological polar surface area (TPSA) is 58.3 Å². The van der Waals surface area contributed by atoms with Gasteiger partial charge >= 0.3 is 0 Å². The molecule has 0 bridgehead atoms. The van der Waals surface area contributed by atoms with Crippen LogP contribution in [0.4, 0.5) is 0 Å². The van der Waals surface area contributed by atoms with Gasteiger partial charge in [-0.05, 0) is 49.4 Å². The molecule has 6 heteroatoms. The zero-order valence-corrected chi connectivity index (χ0v) is 14.5. The number of hydrogen-bond donors (Lipinski definition) is 1. The average Bonchev–Trinajstić information content (AvgIpc) is 3.14. The second kappa shape index (κ2) is 7.95. The Morgan fingerprint density at radius 3 is 2.88 bits per heavy atom. The number of aromatic nitrogens is 3. The fraction of sp³-hybridized carbons (Fsp3) is 0.500. The Kier molecular flexibility index (Phi) is 5.46. The maximum atomic E-state index is 4.83. The molecule has 1 N–H and O–H groups in total. The van der Waals surface area contributed by atoms with Gasteiger partial charge in [0, 0.05) is 38.2 Å². The van der Waals surface area contributed by atoms with Crippen molar-refractivity contribution in [2.75, 3.05) is 19.6 Å². The molecule has 1 aliphatic heterocycles. The van der Waals surface area contributed by atoms with E-state index in [-0.39, 0.29) is 0 Å². The first-order chi connectivity index (χ1) is 11.8. The van der Waals surface area contributed by atoms with Crippen LogP contribution in [0.25, 0.3) is 5.82 Å². The molecular weight excluding hydrogens is 300 g/mol. The van der Waals surface area contributed by atoms with Crippen molar-refractivity contribution in [1.82, 2.24) is 25.0 Å². The van der Waals surface area contributed by atoms with E-state index in [1.807, 2.05) is 30.6 Å². The molecule has 3 rings (SSSR count). The predicted molar refractivity (Wildman–Crippen MR) is 96.1 cm³/mol. The minimum absolute atomic E-state index is 0.644. The number of rotatable bonds is 4. The molecule has 0 saturated carbocycles. The molecule has 1 saturated heterocycles. The maximum Gasteiger partial charge on any atom is 0.194 e. The van der Waals surface area contributed by atoms with Crippen molar-refractivity contribution in [3.63, 3.8) is 0 Å². The minimum Gasteiger partial charge on any atom is -0.357 e. The molecule has 1 fully saturated rings. The first-order valence-electron chi connectivity index (χ1n) is 8.74. The third-order valence-electron chi connectivity index (χ3n) is 4.38. The van der Waals surface area contributed by atoms with E-state index >= 15 is 0 Å². The van der Waals surface area contributed by atoms with E-state index in [0.29, 0.717) is 6.54 Å². The third kappa shape index (κ3) is 4.13. The summed E-state index contributed by atoms with van der Waals surface area (Å²) >= 11 is 0. The Morgan fingerprint density at radius 2 is 2.17 bits per heavy atom. The fourth-order valence-corrected chi connectivity index (χ4v) is 2.90. The van der Waals surface area contributed by atoms with Gasteiger partial charge in [-0.15, -0.1) is 0 Å². The second-order valence-electron chi connectivity index (χ2n) is 6.31. The number of aliphatic imine (C=N–C) groups is 1. The van der Waals surface area contributed by atoms with Crippen molar-refractivity contribution >= 4 is 5.96 Å². The van der Waals surface area contributed by atoms with Crippen LogP contribution in [-0.4, -0.2) is 45.3 Å². The molecule has 2 aromatic heterocycles. The number of hydrogen-bond acceptors (Lipinski definition) is 3. The Morgan fingerprint density at radius 1 is 1.33 bits per heavy atom. The lowest BCUT2D eigenvalue weighted by Crippen LogP contribution is -2.45. The molecule has 6 nitrogen and oxygen atoms in total. The van der Waals surface area contributed by atoms with Gasteiger partial charge in [0.2, 0.25) is 0 Å². The maximum absolute atomic E-state index is 4.83. The van der Waals surface area contributed by atoms with Gasteiger partial charge in [-0.3, -0.25) is 0 Å². The lowest BCUT2D eigenvalue weighted by atomic mass is 10.00. The Balaban J connectivity index is 1.71. The van der Waals surface area contributed by atoms with Crippen LogP contribution in [0.2, 0.25) is 0 Å². The predicted octanol–water partition coefficient (Wildman–Crippen LogP) is 2.46. The van der Waals surface area contributed by atoms with Crippen LogP contribution < -0.4 is 5.32 Å². The van der Waals surface area contributed by atoms with Crippen LogP contribution in [-0.2, 0) is 6.54 Å². The standard InChI is InChI=1S/C18H26N6/c1-3-19-18(23-11-6-15(2)7-12-23)21-14-16-5-9-20-17(13-16)24-10-4-8-22-24/h4-5,8-10,13,15H,3,6-7,11-12,14H2,1-2H3,(H,19,21). The van der Waals surface area contributed by atoms with Crippen LogP contribution in [0, 0.1) is 5.92 Å². The molecule has 24 heavy (non-hydrogen) atoms. The van der Waals surface area contributed by atoms with Gasteiger partial charge in [0.05, 0.1) is 6.54 Å². The third-order valence-corrected chi connectivity index (χ3v) is 4.38. The van der Waals surface area contributed by atoms with Crippen molar-refractivity contribution in [3.8, 4) is 5.82 Å². The van der Waals surface area contributed by atoms with Crippen molar-refractivity contribution in [2.24, 2.45) is 10.9 Å². The highest BCUT2D eigenvalue weighted by Gasteiger charge is 2.18. The summed E-state index contributed by atoms with van der Waals surface area (Å²) in [5, 5.41) is 7.65. The van der Waals surface area contributed by atoms with Crippen LogP contribution >= 0.6 is 0 Å². The van der Waals surface area contributed by atoms with E-state index in [9.17, 15) is 0 Å². The van der Waals surface area contributed by atoms with E-state index in [2.05, 4.69) is 34.1 Å². The molecule has 0 aromatic carbocycles.